The molecule has 1 aliphatic heterocycles. The van der Waals surface area contributed by atoms with Gasteiger partial charge in [-0.3, -0.25) is 9.59 Å². The van der Waals surface area contributed by atoms with Gasteiger partial charge >= 0.3 is 0 Å². The maximum atomic E-state index is 12.3. The van der Waals surface area contributed by atoms with Crippen LogP contribution in [-0.2, 0) is 10.2 Å². The second-order valence-electron chi connectivity index (χ2n) is 8.26. The van der Waals surface area contributed by atoms with Gasteiger partial charge in [-0.2, -0.15) is 0 Å². The van der Waals surface area contributed by atoms with Crippen LogP contribution in [0, 0.1) is 0 Å². The van der Waals surface area contributed by atoms with Crippen LogP contribution in [-0.4, -0.2) is 35.8 Å². The lowest BCUT2D eigenvalue weighted by Gasteiger charge is -2.31. The van der Waals surface area contributed by atoms with E-state index in [0.717, 1.165) is 18.4 Å². The molecule has 3 rings (SSSR count). The van der Waals surface area contributed by atoms with Gasteiger partial charge in [0.1, 0.15) is 0 Å². The van der Waals surface area contributed by atoms with Crippen LogP contribution in [0.2, 0.25) is 0 Å². The third kappa shape index (κ3) is 5.12. The summed E-state index contributed by atoms with van der Waals surface area (Å²) in [6, 6.07) is 11.7. The van der Waals surface area contributed by atoms with E-state index in [2.05, 4.69) is 38.2 Å². The molecule has 0 unspecified atom stereocenters. The third-order valence-electron chi connectivity index (χ3n) is 5.06. The van der Waals surface area contributed by atoms with Crippen molar-refractivity contribution >= 4 is 17.9 Å². The Kier molecular flexibility index (Phi) is 6.02. The van der Waals surface area contributed by atoms with E-state index in [1.165, 1.54) is 11.8 Å². The van der Waals surface area contributed by atoms with Gasteiger partial charge in [0.25, 0.3) is 5.91 Å². The predicted octanol–water partition coefficient (Wildman–Crippen LogP) is 4.01. The first-order valence-corrected chi connectivity index (χ1v) is 9.75. The molecule has 0 saturated carbocycles. The molecule has 2 heterocycles. The number of likely N-dealkylation sites (tertiary alicyclic amines) is 1. The maximum absolute atomic E-state index is 12.3. The quantitative estimate of drug-likeness (QED) is 0.815. The number of carbonyl (C=O) groups excluding carboxylic acids is 2. The smallest absolute Gasteiger partial charge is 0.289 e. The Labute approximate surface area is 166 Å². The average Bonchev–Trinajstić information content (AvgIpc) is 3.21. The van der Waals surface area contributed by atoms with Gasteiger partial charge in [-0.25, -0.2) is 0 Å². The molecule has 2 aromatic rings. The molecule has 1 fully saturated rings. The minimum absolute atomic E-state index is 0.0843. The van der Waals surface area contributed by atoms with Gasteiger partial charge in [0.05, 0.1) is 6.26 Å². The van der Waals surface area contributed by atoms with Crippen molar-refractivity contribution in [2.75, 3.05) is 13.1 Å². The zero-order chi connectivity index (χ0) is 20.1. The van der Waals surface area contributed by atoms with Crippen molar-refractivity contribution in [3.8, 4) is 0 Å². The van der Waals surface area contributed by atoms with Crippen LogP contribution in [0.5, 0.6) is 0 Å². The van der Waals surface area contributed by atoms with Crippen LogP contribution >= 0.6 is 0 Å². The van der Waals surface area contributed by atoms with Crippen molar-refractivity contribution in [1.82, 2.24) is 10.2 Å². The highest BCUT2D eigenvalue weighted by Crippen LogP contribution is 2.22. The normalized spacial score (nSPS) is 15.8. The maximum Gasteiger partial charge on any atom is 0.289 e. The highest BCUT2D eigenvalue weighted by molar-refractivity contribution is 5.92. The molecule has 1 saturated heterocycles. The molecule has 148 valence electrons. The van der Waals surface area contributed by atoms with E-state index in [-0.39, 0.29) is 23.3 Å². The van der Waals surface area contributed by atoms with Crippen molar-refractivity contribution in [3.63, 3.8) is 0 Å². The van der Waals surface area contributed by atoms with E-state index in [1.807, 2.05) is 18.2 Å². The lowest BCUT2D eigenvalue weighted by atomic mass is 9.87. The number of nitrogens with one attached hydrogen (secondary N) is 1. The number of furan rings is 1. The van der Waals surface area contributed by atoms with Crippen molar-refractivity contribution < 1.29 is 14.0 Å². The fourth-order valence-corrected chi connectivity index (χ4v) is 3.30. The first kappa shape index (κ1) is 19.9. The number of carbonyl (C=O) groups is 2. The SMILES string of the molecule is CC(C)(C)c1ccc(/C=C/C(=O)NC2CCN(C(=O)c3ccco3)CC2)cc1. The van der Waals surface area contributed by atoms with E-state index in [9.17, 15) is 9.59 Å². The van der Waals surface area contributed by atoms with Crippen molar-refractivity contribution in [3.05, 3.63) is 65.6 Å². The molecule has 1 N–H and O–H groups in total. The molecule has 0 atom stereocenters. The lowest BCUT2D eigenvalue weighted by Crippen LogP contribution is -2.46. The monoisotopic (exact) mass is 380 g/mol. The van der Waals surface area contributed by atoms with Crippen molar-refractivity contribution in [2.45, 2.75) is 45.1 Å². The summed E-state index contributed by atoms with van der Waals surface area (Å²) in [5.74, 6) is 0.173. The molecule has 0 radical (unpaired) electrons. The third-order valence-corrected chi connectivity index (χ3v) is 5.06. The Morgan fingerprint density at radius 2 is 1.79 bits per heavy atom. The Hall–Kier alpha value is -2.82. The summed E-state index contributed by atoms with van der Waals surface area (Å²) in [6.45, 7) is 7.77. The summed E-state index contributed by atoms with van der Waals surface area (Å²) >= 11 is 0. The fraction of sp³-hybridized carbons (Fsp3) is 0.391. The molecule has 5 heteroatoms. The van der Waals surface area contributed by atoms with E-state index in [1.54, 1.807) is 23.1 Å². The number of benzene rings is 1. The lowest BCUT2D eigenvalue weighted by molar-refractivity contribution is -0.117. The number of piperidine rings is 1. The minimum Gasteiger partial charge on any atom is -0.459 e. The van der Waals surface area contributed by atoms with Crippen LogP contribution in [0.25, 0.3) is 6.08 Å². The molecular weight excluding hydrogens is 352 g/mol. The number of nitrogens with zero attached hydrogens (tertiary/aromatic N) is 1. The molecule has 2 amide bonds. The predicted molar refractivity (Wildman–Crippen MR) is 110 cm³/mol. The van der Waals surface area contributed by atoms with Crippen LogP contribution in [0.15, 0.2) is 53.2 Å². The van der Waals surface area contributed by atoms with Crippen molar-refractivity contribution in [1.29, 1.82) is 0 Å². The number of hydrogen-bond donors (Lipinski definition) is 1. The molecular formula is C23H28N2O3. The van der Waals surface area contributed by atoms with Gasteiger partial charge < -0.3 is 14.6 Å². The van der Waals surface area contributed by atoms with Crippen LogP contribution in [0.3, 0.4) is 0 Å². The highest BCUT2D eigenvalue weighted by atomic mass is 16.3. The van der Waals surface area contributed by atoms with E-state index < -0.39 is 0 Å². The van der Waals surface area contributed by atoms with Crippen LogP contribution < -0.4 is 5.32 Å². The van der Waals surface area contributed by atoms with E-state index in [4.69, 9.17) is 4.42 Å². The summed E-state index contributed by atoms with van der Waals surface area (Å²) in [5.41, 5.74) is 2.39. The minimum atomic E-state index is -0.101. The first-order valence-electron chi connectivity index (χ1n) is 9.75. The molecule has 28 heavy (non-hydrogen) atoms. The molecule has 5 nitrogen and oxygen atoms in total. The topological polar surface area (TPSA) is 62.6 Å². The van der Waals surface area contributed by atoms with Gasteiger partial charge in [-0.15, -0.1) is 0 Å². The molecule has 0 spiro atoms. The Morgan fingerprint density at radius 1 is 1.11 bits per heavy atom. The van der Waals surface area contributed by atoms with Gasteiger partial charge in [0, 0.05) is 25.2 Å². The van der Waals surface area contributed by atoms with Crippen molar-refractivity contribution in [2.24, 2.45) is 0 Å². The summed E-state index contributed by atoms with van der Waals surface area (Å²) in [6.07, 6.45) is 6.39. The standard InChI is InChI=1S/C23H28N2O3/c1-23(2,3)18-9-6-17(7-10-18)8-11-21(26)24-19-12-14-25(15-13-19)22(27)20-5-4-16-28-20/h4-11,16,19H,12-15H2,1-3H3,(H,24,26)/b11-8+. The average molecular weight is 380 g/mol. The van der Waals surface area contributed by atoms with Crippen LogP contribution in [0.1, 0.15) is 55.3 Å². The Morgan fingerprint density at radius 3 is 2.36 bits per heavy atom. The Bertz CT molecular complexity index is 822. The van der Waals surface area contributed by atoms with Gasteiger partial charge in [-0.05, 0) is 47.6 Å². The number of amides is 2. The summed E-state index contributed by atoms with van der Waals surface area (Å²) in [7, 11) is 0. The van der Waals surface area contributed by atoms with E-state index in [0.29, 0.717) is 18.8 Å². The van der Waals surface area contributed by atoms with E-state index >= 15 is 0 Å². The summed E-state index contributed by atoms with van der Waals surface area (Å²) in [4.78, 5) is 26.3. The number of rotatable bonds is 4. The fourth-order valence-electron chi connectivity index (χ4n) is 3.30. The number of hydrogen-bond acceptors (Lipinski definition) is 3. The molecule has 0 bridgehead atoms. The zero-order valence-corrected chi connectivity index (χ0v) is 16.8. The Balaban J connectivity index is 1.47. The molecule has 1 aromatic carbocycles. The second kappa shape index (κ2) is 8.46. The van der Waals surface area contributed by atoms with Gasteiger partial charge in [0.2, 0.25) is 5.91 Å². The zero-order valence-electron chi connectivity index (χ0n) is 16.8. The first-order chi connectivity index (χ1) is 13.3. The highest BCUT2D eigenvalue weighted by Gasteiger charge is 2.25. The second-order valence-corrected chi connectivity index (χ2v) is 8.26. The summed E-state index contributed by atoms with van der Waals surface area (Å²) in [5, 5.41) is 3.03. The largest absolute Gasteiger partial charge is 0.459 e. The van der Waals surface area contributed by atoms with Crippen LogP contribution in [0.4, 0.5) is 0 Å². The molecule has 1 aliphatic rings. The molecule has 0 aliphatic carbocycles. The summed E-state index contributed by atoms with van der Waals surface area (Å²) < 4.78 is 5.17. The molecule has 1 aromatic heterocycles. The van der Waals surface area contributed by atoms with Gasteiger partial charge in [0.15, 0.2) is 5.76 Å². The van der Waals surface area contributed by atoms with Gasteiger partial charge in [-0.1, -0.05) is 45.0 Å².